The van der Waals surface area contributed by atoms with E-state index in [9.17, 15) is 18.0 Å². The van der Waals surface area contributed by atoms with Crippen LogP contribution >= 0.6 is 11.3 Å². The number of alkyl halides is 3. The van der Waals surface area contributed by atoms with Crippen LogP contribution in [0.2, 0.25) is 0 Å². The Morgan fingerprint density at radius 2 is 2.23 bits per heavy atom. The van der Waals surface area contributed by atoms with E-state index in [1.54, 1.807) is 35.5 Å². The van der Waals surface area contributed by atoms with Crippen LogP contribution in [-0.2, 0) is 19.8 Å². The van der Waals surface area contributed by atoms with Crippen molar-refractivity contribution in [2.45, 2.75) is 31.4 Å². The molecule has 168 valence electrons. The Kier molecular flexibility index (Phi) is 6.20. The molecule has 0 N–H and O–H groups in total. The lowest BCUT2D eigenvalue weighted by Crippen LogP contribution is -2.53. The SMILES string of the molecule is Cc1cc(C(=O)N2CC[C@]3(c4cscn4)OCO[C@@H]3C2)ccc1OCCOC(F)(F)F. The van der Waals surface area contributed by atoms with Crippen LogP contribution in [0.3, 0.4) is 0 Å². The monoisotopic (exact) mass is 458 g/mol. The fourth-order valence-electron chi connectivity index (χ4n) is 3.88. The third-order valence-corrected chi connectivity index (χ3v) is 6.01. The number of thiazole rings is 1. The van der Waals surface area contributed by atoms with Crippen molar-refractivity contribution < 1.29 is 36.9 Å². The topological polar surface area (TPSA) is 70.1 Å². The van der Waals surface area contributed by atoms with Gasteiger partial charge in [-0.1, -0.05) is 0 Å². The van der Waals surface area contributed by atoms with Crippen LogP contribution in [-0.4, -0.2) is 61.4 Å². The van der Waals surface area contributed by atoms with Crippen LogP contribution in [0, 0.1) is 6.92 Å². The summed E-state index contributed by atoms with van der Waals surface area (Å²) < 4.78 is 56.8. The molecule has 11 heteroatoms. The number of rotatable bonds is 6. The molecule has 3 heterocycles. The van der Waals surface area contributed by atoms with Gasteiger partial charge < -0.3 is 19.1 Å². The zero-order valence-corrected chi connectivity index (χ0v) is 17.5. The Morgan fingerprint density at radius 1 is 1.39 bits per heavy atom. The van der Waals surface area contributed by atoms with Crippen molar-refractivity contribution in [2.75, 3.05) is 33.1 Å². The Balaban J connectivity index is 1.38. The molecular weight excluding hydrogens is 437 g/mol. The van der Waals surface area contributed by atoms with E-state index in [1.165, 1.54) is 11.3 Å². The fourth-order valence-corrected chi connectivity index (χ4v) is 4.51. The van der Waals surface area contributed by atoms with E-state index in [1.807, 2.05) is 5.38 Å². The molecule has 2 atom stereocenters. The van der Waals surface area contributed by atoms with Crippen molar-refractivity contribution in [3.8, 4) is 5.75 Å². The smallest absolute Gasteiger partial charge is 0.491 e. The van der Waals surface area contributed by atoms with Gasteiger partial charge in [-0.05, 0) is 30.7 Å². The normalized spacial score (nSPS) is 23.6. The Morgan fingerprint density at radius 3 is 2.94 bits per heavy atom. The third kappa shape index (κ3) is 4.69. The molecule has 0 spiro atoms. The highest BCUT2D eigenvalue weighted by Crippen LogP contribution is 2.42. The summed E-state index contributed by atoms with van der Waals surface area (Å²) in [4.78, 5) is 19.2. The van der Waals surface area contributed by atoms with Crippen LogP contribution < -0.4 is 4.74 Å². The molecule has 2 fully saturated rings. The van der Waals surface area contributed by atoms with E-state index < -0.39 is 18.6 Å². The summed E-state index contributed by atoms with van der Waals surface area (Å²) in [5.41, 5.74) is 3.08. The standard InChI is InChI=1S/C20H21F3N2O5S/c1-13-8-14(2-3-15(13)27-6-7-29-20(21,22)23)18(26)25-5-4-19(16-10-31-11-24-16)17(9-25)28-12-30-19/h2-3,8,10-11,17H,4-7,9,12H2,1H3/t17-,19-/m1/s1. The van der Waals surface area contributed by atoms with Crippen LogP contribution in [0.25, 0.3) is 0 Å². The maximum Gasteiger partial charge on any atom is 0.522 e. The molecular formula is C20H21F3N2O5S. The first-order valence-corrected chi connectivity index (χ1v) is 10.6. The van der Waals surface area contributed by atoms with Crippen LogP contribution in [0.1, 0.15) is 28.0 Å². The lowest BCUT2D eigenvalue weighted by molar-refractivity contribution is -0.325. The number of aryl methyl sites for hydroxylation is 1. The Bertz CT molecular complexity index is 924. The Hall–Kier alpha value is -2.21. The van der Waals surface area contributed by atoms with Gasteiger partial charge in [-0.3, -0.25) is 9.53 Å². The first kappa shape index (κ1) is 22.0. The molecule has 1 aromatic carbocycles. The highest BCUT2D eigenvalue weighted by Gasteiger charge is 2.52. The molecule has 2 aliphatic rings. The summed E-state index contributed by atoms with van der Waals surface area (Å²) in [6.07, 6.45) is -4.41. The minimum absolute atomic E-state index is 0.155. The number of benzene rings is 1. The average molecular weight is 458 g/mol. The maximum absolute atomic E-state index is 13.0. The lowest BCUT2D eigenvalue weighted by atomic mass is 9.86. The molecule has 31 heavy (non-hydrogen) atoms. The number of piperidine rings is 1. The predicted molar refractivity (Wildman–Crippen MR) is 104 cm³/mol. The second kappa shape index (κ2) is 8.73. The minimum Gasteiger partial charge on any atom is -0.491 e. The van der Waals surface area contributed by atoms with Crippen molar-refractivity contribution in [1.29, 1.82) is 0 Å². The molecule has 1 amide bonds. The maximum atomic E-state index is 13.0. The summed E-state index contributed by atoms with van der Waals surface area (Å²) in [6.45, 7) is 1.89. The van der Waals surface area contributed by atoms with E-state index >= 15 is 0 Å². The van der Waals surface area contributed by atoms with Crippen molar-refractivity contribution in [3.05, 3.63) is 45.9 Å². The third-order valence-electron chi connectivity index (χ3n) is 5.43. The number of hydrogen-bond donors (Lipinski definition) is 0. The van der Waals surface area contributed by atoms with Gasteiger partial charge in [0.15, 0.2) is 0 Å². The van der Waals surface area contributed by atoms with E-state index in [0.717, 1.165) is 5.69 Å². The number of ether oxygens (including phenoxy) is 4. The summed E-state index contributed by atoms with van der Waals surface area (Å²) in [7, 11) is 0. The van der Waals surface area contributed by atoms with Gasteiger partial charge in [0.05, 0.1) is 24.4 Å². The van der Waals surface area contributed by atoms with E-state index in [0.29, 0.717) is 36.4 Å². The van der Waals surface area contributed by atoms with Gasteiger partial charge in [0.1, 0.15) is 30.9 Å². The van der Waals surface area contributed by atoms with Gasteiger partial charge >= 0.3 is 6.36 Å². The molecule has 0 unspecified atom stereocenters. The van der Waals surface area contributed by atoms with Gasteiger partial charge in [-0.25, -0.2) is 4.98 Å². The number of aromatic nitrogens is 1. The molecule has 2 aromatic rings. The van der Waals surface area contributed by atoms with Crippen LogP contribution in [0.15, 0.2) is 29.1 Å². The predicted octanol–water partition coefficient (Wildman–Crippen LogP) is 3.48. The molecule has 0 saturated carbocycles. The molecule has 0 radical (unpaired) electrons. The minimum atomic E-state index is -4.69. The molecule has 0 bridgehead atoms. The van der Waals surface area contributed by atoms with Crippen molar-refractivity contribution in [1.82, 2.24) is 9.88 Å². The second-order valence-corrected chi connectivity index (χ2v) is 8.02. The molecule has 4 rings (SSSR count). The van der Waals surface area contributed by atoms with Gasteiger partial charge in [-0.2, -0.15) is 0 Å². The highest BCUT2D eigenvalue weighted by molar-refractivity contribution is 7.07. The number of hydrogen-bond acceptors (Lipinski definition) is 7. The van der Waals surface area contributed by atoms with Crippen molar-refractivity contribution in [2.24, 2.45) is 0 Å². The number of nitrogens with zero attached hydrogens (tertiary/aromatic N) is 2. The van der Waals surface area contributed by atoms with Gasteiger partial charge in [0.25, 0.3) is 5.91 Å². The molecule has 1 aromatic heterocycles. The van der Waals surface area contributed by atoms with Gasteiger partial charge in [-0.15, -0.1) is 24.5 Å². The first-order valence-electron chi connectivity index (χ1n) is 9.66. The number of amides is 1. The first-order chi connectivity index (χ1) is 14.8. The quantitative estimate of drug-likeness (QED) is 0.618. The summed E-state index contributed by atoms with van der Waals surface area (Å²) in [6, 6.07) is 4.84. The van der Waals surface area contributed by atoms with Crippen molar-refractivity contribution >= 4 is 17.2 Å². The number of carbonyl (C=O) groups excluding carboxylic acids is 1. The number of halogens is 3. The van der Waals surface area contributed by atoms with Crippen LogP contribution in [0.5, 0.6) is 5.75 Å². The number of carbonyl (C=O) groups is 1. The molecule has 2 saturated heterocycles. The lowest BCUT2D eigenvalue weighted by Gasteiger charge is -2.40. The zero-order valence-electron chi connectivity index (χ0n) is 16.7. The van der Waals surface area contributed by atoms with E-state index in [4.69, 9.17) is 14.2 Å². The highest BCUT2D eigenvalue weighted by atomic mass is 32.1. The number of fused-ring (bicyclic) bond motifs is 1. The largest absolute Gasteiger partial charge is 0.522 e. The molecule has 2 aliphatic heterocycles. The Labute approximate surface area is 180 Å². The summed E-state index contributed by atoms with van der Waals surface area (Å²) in [5.74, 6) is 0.244. The van der Waals surface area contributed by atoms with E-state index in [-0.39, 0.29) is 25.4 Å². The van der Waals surface area contributed by atoms with Gasteiger partial charge in [0, 0.05) is 23.9 Å². The summed E-state index contributed by atoms with van der Waals surface area (Å²) in [5, 5.41) is 1.95. The average Bonchev–Trinajstić information content (AvgIpc) is 3.40. The molecule has 7 nitrogen and oxygen atoms in total. The zero-order chi connectivity index (χ0) is 22.1. The van der Waals surface area contributed by atoms with Crippen molar-refractivity contribution in [3.63, 3.8) is 0 Å². The van der Waals surface area contributed by atoms with Crippen LogP contribution in [0.4, 0.5) is 13.2 Å². The second-order valence-electron chi connectivity index (χ2n) is 7.30. The van der Waals surface area contributed by atoms with Gasteiger partial charge in [0.2, 0.25) is 0 Å². The summed E-state index contributed by atoms with van der Waals surface area (Å²) >= 11 is 1.49. The molecule has 0 aliphatic carbocycles. The fraction of sp³-hybridized carbons (Fsp3) is 0.500. The van der Waals surface area contributed by atoms with E-state index in [2.05, 4.69) is 9.72 Å². The number of likely N-dealkylation sites (tertiary alicyclic amines) is 1.